The Morgan fingerprint density at radius 2 is 1.64 bits per heavy atom. The van der Waals surface area contributed by atoms with Crippen LogP contribution in [0.4, 0.5) is 0 Å². The summed E-state index contributed by atoms with van der Waals surface area (Å²) < 4.78 is 49.9. The standard InChI is InChI=1S/C14H22N2O4S2/c1-11(15)14-5-3-4-10-16(14)22(19,20)13-8-6-12(7-9-13)21(2,17)18/h6-9,11,14H,3-5,10,15H2,1-2H3/t11-,14-/m1/s1. The molecule has 124 valence electrons. The van der Waals surface area contributed by atoms with Gasteiger partial charge in [-0.25, -0.2) is 16.8 Å². The van der Waals surface area contributed by atoms with Crippen LogP contribution in [0.5, 0.6) is 0 Å². The summed E-state index contributed by atoms with van der Waals surface area (Å²) in [4.78, 5) is 0.210. The Bertz CT molecular complexity index is 725. The van der Waals surface area contributed by atoms with Crippen LogP contribution in [0.2, 0.25) is 0 Å². The Morgan fingerprint density at radius 3 is 2.14 bits per heavy atom. The van der Waals surface area contributed by atoms with Crippen molar-refractivity contribution >= 4 is 19.9 Å². The van der Waals surface area contributed by atoms with Gasteiger partial charge in [-0.1, -0.05) is 6.42 Å². The predicted octanol–water partition coefficient (Wildman–Crippen LogP) is 0.980. The molecule has 1 saturated heterocycles. The molecule has 0 spiro atoms. The highest BCUT2D eigenvalue weighted by Crippen LogP contribution is 2.27. The average Bonchev–Trinajstić information content (AvgIpc) is 2.46. The molecule has 0 radical (unpaired) electrons. The van der Waals surface area contributed by atoms with Crippen LogP contribution in [0, 0.1) is 0 Å². The second kappa shape index (κ2) is 6.27. The maximum Gasteiger partial charge on any atom is 0.243 e. The van der Waals surface area contributed by atoms with Gasteiger partial charge in [0.15, 0.2) is 9.84 Å². The number of sulfonamides is 1. The minimum absolute atomic E-state index is 0.104. The van der Waals surface area contributed by atoms with Crippen molar-refractivity contribution in [1.82, 2.24) is 4.31 Å². The quantitative estimate of drug-likeness (QED) is 0.876. The van der Waals surface area contributed by atoms with E-state index >= 15 is 0 Å². The van der Waals surface area contributed by atoms with Gasteiger partial charge in [-0.3, -0.25) is 0 Å². The molecular weight excluding hydrogens is 324 g/mol. The molecule has 0 bridgehead atoms. The van der Waals surface area contributed by atoms with Gasteiger partial charge < -0.3 is 5.73 Å². The van der Waals surface area contributed by atoms with Gasteiger partial charge in [0.1, 0.15) is 0 Å². The van der Waals surface area contributed by atoms with E-state index in [1.165, 1.54) is 28.6 Å². The molecule has 2 atom stereocenters. The molecule has 1 fully saturated rings. The Labute approximate surface area is 132 Å². The van der Waals surface area contributed by atoms with Crippen LogP contribution in [-0.2, 0) is 19.9 Å². The molecule has 1 aliphatic rings. The predicted molar refractivity (Wildman–Crippen MR) is 84.7 cm³/mol. The summed E-state index contributed by atoms with van der Waals surface area (Å²) in [6, 6.07) is 4.88. The molecule has 1 aromatic carbocycles. The largest absolute Gasteiger partial charge is 0.326 e. The monoisotopic (exact) mass is 346 g/mol. The van der Waals surface area contributed by atoms with Crippen LogP contribution < -0.4 is 5.73 Å². The molecule has 0 aliphatic carbocycles. The van der Waals surface area contributed by atoms with Gasteiger partial charge >= 0.3 is 0 Å². The van der Waals surface area contributed by atoms with Crippen LogP contribution in [-0.4, -0.2) is 46.0 Å². The summed E-state index contributed by atoms with van der Waals surface area (Å²) >= 11 is 0. The number of hydrogen-bond donors (Lipinski definition) is 1. The maximum absolute atomic E-state index is 12.8. The SMILES string of the molecule is C[C@@H](N)[C@H]1CCCCN1S(=O)(=O)c1ccc(S(C)(=O)=O)cc1. The lowest BCUT2D eigenvalue weighted by Crippen LogP contribution is -2.51. The molecule has 6 nitrogen and oxygen atoms in total. The number of nitrogens with two attached hydrogens (primary N) is 1. The van der Waals surface area contributed by atoms with Crippen LogP contribution in [0.15, 0.2) is 34.1 Å². The number of sulfone groups is 1. The summed E-state index contributed by atoms with van der Waals surface area (Å²) in [6.45, 7) is 2.26. The van der Waals surface area contributed by atoms with Crippen molar-refractivity contribution in [1.29, 1.82) is 0 Å². The second-order valence-corrected chi connectivity index (χ2v) is 9.69. The number of piperidine rings is 1. The lowest BCUT2D eigenvalue weighted by Gasteiger charge is -2.36. The average molecular weight is 346 g/mol. The van der Waals surface area contributed by atoms with Gasteiger partial charge in [0, 0.05) is 24.9 Å². The number of rotatable bonds is 4. The lowest BCUT2D eigenvalue weighted by molar-refractivity contribution is 0.227. The number of nitrogens with zero attached hydrogens (tertiary/aromatic N) is 1. The molecular formula is C14H22N2O4S2. The third-order valence-corrected chi connectivity index (χ3v) is 7.03. The normalized spacial score (nSPS) is 22.4. The van der Waals surface area contributed by atoms with Crippen molar-refractivity contribution < 1.29 is 16.8 Å². The topological polar surface area (TPSA) is 97.5 Å². The highest BCUT2D eigenvalue weighted by atomic mass is 32.2. The molecule has 8 heteroatoms. The fourth-order valence-corrected chi connectivity index (χ4v) is 5.15. The minimum Gasteiger partial charge on any atom is -0.326 e. The molecule has 1 heterocycles. The lowest BCUT2D eigenvalue weighted by atomic mass is 10.00. The third-order valence-electron chi connectivity index (χ3n) is 3.96. The minimum atomic E-state index is -3.66. The summed E-state index contributed by atoms with van der Waals surface area (Å²) in [5.41, 5.74) is 5.93. The van der Waals surface area contributed by atoms with E-state index in [1.807, 2.05) is 6.92 Å². The first-order chi connectivity index (χ1) is 10.1. The maximum atomic E-state index is 12.8. The van der Waals surface area contributed by atoms with Crippen LogP contribution >= 0.6 is 0 Å². The van der Waals surface area contributed by atoms with E-state index < -0.39 is 19.9 Å². The highest BCUT2D eigenvalue weighted by Gasteiger charge is 2.35. The zero-order valence-corrected chi connectivity index (χ0v) is 14.4. The fourth-order valence-electron chi connectivity index (χ4n) is 2.75. The summed E-state index contributed by atoms with van der Waals surface area (Å²) in [7, 11) is -7.00. The van der Waals surface area contributed by atoms with E-state index in [9.17, 15) is 16.8 Å². The van der Waals surface area contributed by atoms with Gasteiger partial charge in [0.25, 0.3) is 0 Å². The molecule has 0 saturated carbocycles. The van der Waals surface area contributed by atoms with E-state index in [0.29, 0.717) is 6.54 Å². The Morgan fingerprint density at radius 1 is 1.09 bits per heavy atom. The van der Waals surface area contributed by atoms with E-state index in [0.717, 1.165) is 25.5 Å². The smallest absolute Gasteiger partial charge is 0.243 e. The first-order valence-corrected chi connectivity index (χ1v) is 10.5. The van der Waals surface area contributed by atoms with Gasteiger partial charge in [-0.2, -0.15) is 4.31 Å². The van der Waals surface area contributed by atoms with Crippen molar-refractivity contribution in [2.45, 2.75) is 48.1 Å². The van der Waals surface area contributed by atoms with Crippen molar-refractivity contribution in [3.63, 3.8) is 0 Å². The summed E-state index contributed by atoms with van der Waals surface area (Å²) in [6.07, 6.45) is 3.61. The summed E-state index contributed by atoms with van der Waals surface area (Å²) in [5, 5.41) is 0. The zero-order valence-electron chi connectivity index (χ0n) is 12.8. The van der Waals surface area contributed by atoms with E-state index in [2.05, 4.69) is 0 Å². The van der Waals surface area contributed by atoms with Gasteiger partial charge in [-0.05, 0) is 44.0 Å². The number of hydrogen-bond acceptors (Lipinski definition) is 5. The Kier molecular flexibility index (Phi) is 4.96. The fraction of sp³-hybridized carbons (Fsp3) is 0.571. The van der Waals surface area contributed by atoms with Crippen LogP contribution in [0.1, 0.15) is 26.2 Å². The summed E-state index contributed by atoms with van der Waals surface area (Å²) in [5.74, 6) is 0. The molecule has 1 aromatic rings. The van der Waals surface area contributed by atoms with Crippen LogP contribution in [0.3, 0.4) is 0 Å². The van der Waals surface area contributed by atoms with E-state index in [1.54, 1.807) is 0 Å². The van der Waals surface area contributed by atoms with Crippen LogP contribution in [0.25, 0.3) is 0 Å². The van der Waals surface area contributed by atoms with Gasteiger partial charge in [0.05, 0.1) is 9.79 Å². The first-order valence-electron chi connectivity index (χ1n) is 7.21. The molecule has 0 unspecified atom stereocenters. The number of benzene rings is 1. The van der Waals surface area contributed by atoms with E-state index in [-0.39, 0.29) is 21.9 Å². The second-order valence-electron chi connectivity index (χ2n) is 5.78. The molecule has 0 aromatic heterocycles. The molecule has 2 N–H and O–H groups in total. The van der Waals surface area contributed by atoms with Crippen molar-refractivity contribution in [2.24, 2.45) is 5.73 Å². The Balaban J connectivity index is 2.37. The zero-order chi connectivity index (χ0) is 16.5. The highest BCUT2D eigenvalue weighted by molar-refractivity contribution is 7.90. The van der Waals surface area contributed by atoms with E-state index in [4.69, 9.17) is 5.73 Å². The molecule has 0 amide bonds. The van der Waals surface area contributed by atoms with Gasteiger partial charge in [0.2, 0.25) is 10.0 Å². The van der Waals surface area contributed by atoms with Crippen molar-refractivity contribution in [3.05, 3.63) is 24.3 Å². The first kappa shape index (κ1) is 17.4. The third kappa shape index (κ3) is 3.51. The van der Waals surface area contributed by atoms with Crippen molar-refractivity contribution in [3.8, 4) is 0 Å². The molecule has 22 heavy (non-hydrogen) atoms. The molecule has 1 aliphatic heterocycles. The van der Waals surface area contributed by atoms with Gasteiger partial charge in [-0.15, -0.1) is 0 Å². The van der Waals surface area contributed by atoms with Crippen molar-refractivity contribution in [2.75, 3.05) is 12.8 Å². The molecule has 2 rings (SSSR count). The Hall–Kier alpha value is -0.960.